The number of carbonyl (C=O) groups excluding carboxylic acids is 2. The van der Waals surface area contributed by atoms with Crippen molar-refractivity contribution in [3.8, 4) is 0 Å². The van der Waals surface area contributed by atoms with E-state index in [-0.39, 0.29) is 35.2 Å². The molecule has 1 N–H and O–H groups in total. The SMILES string of the molecule is Cc1nn(C)c(NC(=O)CCCl)c1C(=O)c1ccccc1F. The van der Waals surface area contributed by atoms with Crippen molar-refractivity contribution >= 4 is 29.1 Å². The lowest BCUT2D eigenvalue weighted by atomic mass is 10.0. The molecule has 0 spiro atoms. The van der Waals surface area contributed by atoms with Crippen LogP contribution in [0.1, 0.15) is 28.0 Å². The number of halogens is 2. The number of alkyl halides is 1. The van der Waals surface area contributed by atoms with Crippen molar-refractivity contribution in [3.63, 3.8) is 0 Å². The summed E-state index contributed by atoms with van der Waals surface area (Å²) in [6, 6.07) is 5.69. The highest BCUT2D eigenvalue weighted by Crippen LogP contribution is 2.24. The Kier molecular flexibility index (Phi) is 4.92. The van der Waals surface area contributed by atoms with Crippen LogP contribution >= 0.6 is 11.6 Å². The first-order chi connectivity index (χ1) is 10.5. The maximum atomic E-state index is 13.8. The van der Waals surface area contributed by atoms with E-state index in [4.69, 9.17) is 11.6 Å². The molecule has 0 saturated carbocycles. The Bertz CT molecular complexity index is 728. The fourth-order valence-corrected chi connectivity index (χ4v) is 2.31. The predicted octanol–water partition coefficient (Wildman–Crippen LogP) is 2.67. The van der Waals surface area contributed by atoms with Crippen LogP contribution in [0.2, 0.25) is 0 Å². The van der Waals surface area contributed by atoms with Gasteiger partial charge in [0.25, 0.3) is 0 Å². The molecule has 0 unspecified atom stereocenters. The molecular weight excluding hydrogens is 309 g/mol. The minimum absolute atomic E-state index is 0.0635. The molecule has 0 radical (unpaired) electrons. The van der Waals surface area contributed by atoms with Gasteiger partial charge in [0.15, 0.2) is 0 Å². The third-order valence-electron chi connectivity index (χ3n) is 3.15. The van der Waals surface area contributed by atoms with Crippen molar-refractivity contribution in [2.45, 2.75) is 13.3 Å². The number of anilines is 1. The van der Waals surface area contributed by atoms with Crippen LogP contribution in [0.5, 0.6) is 0 Å². The van der Waals surface area contributed by atoms with E-state index < -0.39 is 11.6 Å². The minimum Gasteiger partial charge on any atom is -0.310 e. The minimum atomic E-state index is -0.617. The number of hydrogen-bond donors (Lipinski definition) is 1. The molecule has 7 heteroatoms. The molecule has 0 bridgehead atoms. The van der Waals surface area contributed by atoms with Gasteiger partial charge >= 0.3 is 0 Å². The normalized spacial score (nSPS) is 10.5. The Labute approximate surface area is 132 Å². The highest BCUT2D eigenvalue weighted by molar-refractivity contribution is 6.19. The number of benzene rings is 1. The number of carbonyl (C=O) groups is 2. The summed E-state index contributed by atoms with van der Waals surface area (Å²) in [6.07, 6.45) is 0.110. The molecule has 1 aromatic heterocycles. The molecule has 2 aromatic rings. The summed E-state index contributed by atoms with van der Waals surface area (Å²) in [4.78, 5) is 24.3. The number of rotatable bonds is 5. The van der Waals surface area contributed by atoms with Crippen molar-refractivity contribution in [3.05, 3.63) is 46.9 Å². The number of hydrogen-bond acceptors (Lipinski definition) is 3. The highest BCUT2D eigenvalue weighted by Gasteiger charge is 2.24. The zero-order valence-corrected chi connectivity index (χ0v) is 12.9. The number of ketones is 1. The van der Waals surface area contributed by atoms with E-state index in [9.17, 15) is 14.0 Å². The fraction of sp³-hybridized carbons (Fsp3) is 0.267. The molecule has 0 aliphatic heterocycles. The van der Waals surface area contributed by atoms with Gasteiger partial charge in [0, 0.05) is 19.3 Å². The van der Waals surface area contributed by atoms with Crippen LogP contribution < -0.4 is 5.32 Å². The Morgan fingerprint density at radius 3 is 2.68 bits per heavy atom. The van der Waals surface area contributed by atoms with Crippen molar-refractivity contribution < 1.29 is 14.0 Å². The Morgan fingerprint density at radius 1 is 1.36 bits per heavy atom. The number of nitrogens with zero attached hydrogens (tertiary/aromatic N) is 2. The quantitative estimate of drug-likeness (QED) is 0.679. The van der Waals surface area contributed by atoms with Gasteiger partial charge in [-0.15, -0.1) is 11.6 Å². The summed E-state index contributed by atoms with van der Waals surface area (Å²) < 4.78 is 15.2. The van der Waals surface area contributed by atoms with Crippen LogP contribution in [0, 0.1) is 12.7 Å². The molecule has 116 valence electrons. The average molecular weight is 324 g/mol. The first-order valence-corrected chi connectivity index (χ1v) is 7.17. The fourth-order valence-electron chi connectivity index (χ4n) is 2.13. The first kappa shape index (κ1) is 16.2. The van der Waals surface area contributed by atoms with Gasteiger partial charge in [-0.2, -0.15) is 5.10 Å². The number of aryl methyl sites for hydroxylation is 2. The molecule has 0 fully saturated rings. The summed E-state index contributed by atoms with van der Waals surface area (Å²) in [6.45, 7) is 1.63. The second-order valence-corrected chi connectivity index (χ2v) is 5.11. The first-order valence-electron chi connectivity index (χ1n) is 6.64. The molecule has 0 atom stereocenters. The molecule has 0 aliphatic rings. The van der Waals surface area contributed by atoms with E-state index >= 15 is 0 Å². The average Bonchev–Trinajstić information content (AvgIpc) is 2.73. The molecule has 1 amide bonds. The van der Waals surface area contributed by atoms with Crippen molar-refractivity contribution in [1.29, 1.82) is 0 Å². The lowest BCUT2D eigenvalue weighted by Crippen LogP contribution is -2.17. The van der Waals surface area contributed by atoms with Gasteiger partial charge in [0.05, 0.1) is 16.8 Å². The van der Waals surface area contributed by atoms with Crippen LogP contribution in [-0.4, -0.2) is 27.4 Å². The summed E-state index contributed by atoms with van der Waals surface area (Å²) >= 11 is 5.53. The van der Waals surface area contributed by atoms with Gasteiger partial charge in [-0.1, -0.05) is 12.1 Å². The second kappa shape index (κ2) is 6.70. The van der Waals surface area contributed by atoms with Crippen molar-refractivity contribution in [2.75, 3.05) is 11.2 Å². The molecule has 1 heterocycles. The molecule has 5 nitrogen and oxygen atoms in total. The van der Waals surface area contributed by atoms with Gasteiger partial charge < -0.3 is 5.32 Å². The zero-order chi connectivity index (χ0) is 16.3. The monoisotopic (exact) mass is 323 g/mol. The van der Waals surface area contributed by atoms with Crippen LogP contribution in [0.15, 0.2) is 24.3 Å². The zero-order valence-electron chi connectivity index (χ0n) is 12.2. The molecule has 0 aliphatic carbocycles. The van der Waals surface area contributed by atoms with E-state index in [2.05, 4.69) is 10.4 Å². The van der Waals surface area contributed by atoms with E-state index in [0.29, 0.717) is 5.69 Å². The lowest BCUT2D eigenvalue weighted by Gasteiger charge is -2.08. The second-order valence-electron chi connectivity index (χ2n) is 4.73. The Hall–Kier alpha value is -2.21. The molecular formula is C15H15ClFN3O2. The van der Waals surface area contributed by atoms with Gasteiger partial charge in [-0.3, -0.25) is 14.3 Å². The molecule has 0 saturated heterocycles. The molecule has 22 heavy (non-hydrogen) atoms. The largest absolute Gasteiger partial charge is 0.310 e. The third-order valence-corrected chi connectivity index (χ3v) is 3.34. The maximum Gasteiger partial charge on any atom is 0.226 e. The Balaban J connectivity index is 2.45. The van der Waals surface area contributed by atoms with Crippen LogP contribution in [0.25, 0.3) is 0 Å². The summed E-state index contributed by atoms with van der Waals surface area (Å²) in [5.41, 5.74) is 0.527. The number of nitrogens with one attached hydrogen (secondary N) is 1. The van der Waals surface area contributed by atoms with Gasteiger partial charge in [0.2, 0.25) is 11.7 Å². The lowest BCUT2D eigenvalue weighted by molar-refractivity contribution is -0.115. The van der Waals surface area contributed by atoms with E-state index in [1.807, 2.05) is 0 Å². The number of aromatic nitrogens is 2. The Morgan fingerprint density at radius 2 is 2.05 bits per heavy atom. The smallest absolute Gasteiger partial charge is 0.226 e. The van der Waals surface area contributed by atoms with E-state index in [1.54, 1.807) is 20.0 Å². The van der Waals surface area contributed by atoms with Crippen LogP contribution in [-0.2, 0) is 11.8 Å². The van der Waals surface area contributed by atoms with E-state index in [0.717, 1.165) is 0 Å². The van der Waals surface area contributed by atoms with Crippen molar-refractivity contribution in [2.24, 2.45) is 7.05 Å². The molecule has 2 rings (SSSR count). The van der Waals surface area contributed by atoms with Gasteiger partial charge in [-0.05, 0) is 19.1 Å². The standard InChI is InChI=1S/C15H15ClFN3O2/c1-9-13(14(22)10-5-3-4-6-11(10)17)15(20(2)19-9)18-12(21)7-8-16/h3-6H,7-8H2,1-2H3,(H,18,21). The highest BCUT2D eigenvalue weighted by atomic mass is 35.5. The van der Waals surface area contributed by atoms with Crippen LogP contribution in [0.4, 0.5) is 10.2 Å². The third kappa shape index (κ3) is 3.17. The van der Waals surface area contributed by atoms with Crippen LogP contribution in [0.3, 0.4) is 0 Å². The maximum absolute atomic E-state index is 13.8. The van der Waals surface area contributed by atoms with Gasteiger partial charge in [0.1, 0.15) is 11.6 Å². The predicted molar refractivity (Wildman–Crippen MR) is 81.7 cm³/mol. The van der Waals surface area contributed by atoms with Crippen molar-refractivity contribution in [1.82, 2.24) is 9.78 Å². The topological polar surface area (TPSA) is 64.0 Å². The van der Waals surface area contributed by atoms with Gasteiger partial charge in [-0.25, -0.2) is 4.39 Å². The summed E-state index contributed by atoms with van der Waals surface area (Å²) in [5, 5.41) is 6.73. The summed E-state index contributed by atoms with van der Waals surface area (Å²) in [5.74, 6) is -1.07. The van der Waals surface area contributed by atoms with E-state index in [1.165, 1.54) is 22.9 Å². The summed E-state index contributed by atoms with van der Waals surface area (Å²) in [7, 11) is 1.60. The molecule has 1 aromatic carbocycles. The number of amides is 1.